The minimum absolute atomic E-state index is 0.123. The van der Waals surface area contributed by atoms with Crippen LogP contribution in [0.2, 0.25) is 0 Å². The molecule has 1 saturated heterocycles. The summed E-state index contributed by atoms with van der Waals surface area (Å²) in [6.45, 7) is 0.405. The molecule has 0 spiro atoms. The molecule has 10 heteroatoms. The number of amides is 1. The monoisotopic (exact) mass is 533 g/mol. The van der Waals surface area contributed by atoms with Crippen molar-refractivity contribution in [3.05, 3.63) is 99.8 Å². The highest BCUT2D eigenvalue weighted by molar-refractivity contribution is 5.96. The summed E-state index contributed by atoms with van der Waals surface area (Å²) >= 11 is 0. The lowest BCUT2D eigenvalue weighted by atomic mass is 9.98. The number of likely N-dealkylation sites (tertiary alicyclic amines) is 1. The molecular formula is C29H25F2N3O5. The summed E-state index contributed by atoms with van der Waals surface area (Å²) in [5, 5.41) is 10.9. The topological polar surface area (TPSA) is 93.9 Å². The second-order valence-corrected chi connectivity index (χ2v) is 9.05. The molecule has 0 saturated carbocycles. The molecule has 200 valence electrons. The molecule has 0 bridgehead atoms. The van der Waals surface area contributed by atoms with E-state index in [-0.39, 0.29) is 53.4 Å². The van der Waals surface area contributed by atoms with Crippen LogP contribution in [0.15, 0.2) is 71.5 Å². The zero-order valence-corrected chi connectivity index (χ0v) is 21.2. The molecule has 1 aliphatic rings. The van der Waals surface area contributed by atoms with Crippen molar-refractivity contribution in [1.82, 2.24) is 14.5 Å². The van der Waals surface area contributed by atoms with Gasteiger partial charge in [-0.1, -0.05) is 36.4 Å². The molecule has 1 amide bonds. The first kappa shape index (κ1) is 25.9. The summed E-state index contributed by atoms with van der Waals surface area (Å²) in [5.74, 6) is -2.46. The van der Waals surface area contributed by atoms with Crippen LogP contribution in [0, 0.1) is 11.6 Å². The fourth-order valence-corrected chi connectivity index (χ4v) is 4.94. The number of aromatic hydroxyl groups is 1. The molecule has 1 atom stereocenters. The number of hydrogen-bond acceptors (Lipinski definition) is 6. The number of carbonyl (C=O) groups excluding carboxylic acids is 1. The van der Waals surface area contributed by atoms with Crippen LogP contribution in [0.1, 0.15) is 28.3 Å². The molecule has 1 fully saturated rings. The normalized spacial score (nSPS) is 14.9. The number of hydrogen-bond donors (Lipinski definition) is 1. The highest BCUT2D eigenvalue weighted by atomic mass is 19.1. The van der Waals surface area contributed by atoms with Crippen molar-refractivity contribution in [3.63, 3.8) is 0 Å². The molecule has 5 rings (SSSR count). The van der Waals surface area contributed by atoms with Crippen LogP contribution in [0.25, 0.3) is 17.1 Å². The third kappa shape index (κ3) is 4.69. The number of nitrogens with zero attached hydrogens (tertiary/aromatic N) is 3. The maximum absolute atomic E-state index is 14.4. The van der Waals surface area contributed by atoms with Gasteiger partial charge in [-0.2, -0.15) is 4.98 Å². The molecule has 2 heterocycles. The van der Waals surface area contributed by atoms with Gasteiger partial charge in [0.25, 0.3) is 11.5 Å². The van der Waals surface area contributed by atoms with Gasteiger partial charge in [-0.05, 0) is 42.3 Å². The van der Waals surface area contributed by atoms with E-state index in [0.717, 1.165) is 10.6 Å². The Morgan fingerprint density at radius 1 is 1.00 bits per heavy atom. The molecule has 0 radical (unpaired) electrons. The van der Waals surface area contributed by atoms with Crippen molar-refractivity contribution in [2.24, 2.45) is 0 Å². The Hall–Kier alpha value is -4.73. The van der Waals surface area contributed by atoms with Crippen LogP contribution in [-0.4, -0.2) is 52.8 Å². The molecule has 1 aromatic heterocycles. The minimum atomic E-state index is -0.899. The van der Waals surface area contributed by atoms with E-state index in [1.807, 2.05) is 0 Å². The maximum Gasteiger partial charge on any atom is 0.275 e. The zero-order chi connectivity index (χ0) is 27.7. The maximum atomic E-state index is 14.4. The molecule has 4 aromatic rings. The highest BCUT2D eigenvalue weighted by Gasteiger charge is 2.34. The van der Waals surface area contributed by atoms with E-state index in [4.69, 9.17) is 9.47 Å². The van der Waals surface area contributed by atoms with E-state index in [1.54, 1.807) is 36.4 Å². The second kappa shape index (κ2) is 10.6. The Morgan fingerprint density at radius 3 is 2.36 bits per heavy atom. The fourth-order valence-electron chi connectivity index (χ4n) is 4.94. The predicted octanol–water partition coefficient (Wildman–Crippen LogP) is 4.53. The van der Waals surface area contributed by atoms with Gasteiger partial charge < -0.3 is 19.5 Å². The van der Waals surface area contributed by atoms with Gasteiger partial charge in [-0.15, -0.1) is 0 Å². The summed E-state index contributed by atoms with van der Waals surface area (Å²) in [6.07, 6.45) is 0.483. The number of benzene rings is 3. The van der Waals surface area contributed by atoms with E-state index in [2.05, 4.69) is 4.98 Å². The van der Waals surface area contributed by atoms with Gasteiger partial charge in [-0.3, -0.25) is 14.2 Å². The Kier molecular flexibility index (Phi) is 7.02. The first-order valence-electron chi connectivity index (χ1n) is 12.2. The van der Waals surface area contributed by atoms with E-state index < -0.39 is 28.7 Å². The van der Waals surface area contributed by atoms with Crippen LogP contribution < -0.4 is 15.0 Å². The molecule has 8 nitrogen and oxygen atoms in total. The molecular weight excluding hydrogens is 508 g/mol. The lowest BCUT2D eigenvalue weighted by molar-refractivity contribution is 0.0784. The molecule has 3 aromatic carbocycles. The lowest BCUT2D eigenvalue weighted by Crippen LogP contribution is -2.36. The summed E-state index contributed by atoms with van der Waals surface area (Å²) in [5.41, 5.74) is -0.692. The Bertz CT molecular complexity index is 1600. The van der Waals surface area contributed by atoms with E-state index in [9.17, 15) is 23.5 Å². The lowest BCUT2D eigenvalue weighted by Gasteiger charge is -2.21. The standard InChI is InChI=1S/C29H25F2N3O5/c1-38-22-11-6-12-23(39-2)25(22)34-26(17-7-5-8-19(30)15-17)32-27(35)24(29(34)37)28(36)33-14-13-18(16-33)20-9-3-4-10-21(20)31/h3-12,15,18,35H,13-14,16H2,1-2H3. The number of carbonyl (C=O) groups is 1. The molecule has 1 aliphatic heterocycles. The summed E-state index contributed by atoms with van der Waals surface area (Å²) in [7, 11) is 2.80. The van der Waals surface area contributed by atoms with Gasteiger partial charge in [0, 0.05) is 24.6 Å². The third-order valence-electron chi connectivity index (χ3n) is 6.81. The molecule has 0 aliphatic carbocycles. The summed E-state index contributed by atoms with van der Waals surface area (Å²) in [6, 6.07) is 16.5. The molecule has 39 heavy (non-hydrogen) atoms. The zero-order valence-electron chi connectivity index (χ0n) is 21.2. The van der Waals surface area contributed by atoms with E-state index in [0.29, 0.717) is 12.0 Å². The number of para-hydroxylation sites is 1. The quantitative estimate of drug-likeness (QED) is 0.392. The second-order valence-electron chi connectivity index (χ2n) is 9.05. The van der Waals surface area contributed by atoms with Gasteiger partial charge in [0.15, 0.2) is 11.4 Å². The van der Waals surface area contributed by atoms with Crippen LogP contribution >= 0.6 is 0 Å². The van der Waals surface area contributed by atoms with Gasteiger partial charge in [0.1, 0.15) is 28.8 Å². The van der Waals surface area contributed by atoms with E-state index >= 15 is 0 Å². The Morgan fingerprint density at radius 2 is 1.69 bits per heavy atom. The van der Waals surface area contributed by atoms with E-state index in [1.165, 1.54) is 43.4 Å². The number of ether oxygens (including phenoxy) is 2. The third-order valence-corrected chi connectivity index (χ3v) is 6.81. The van der Waals surface area contributed by atoms with Gasteiger partial charge >= 0.3 is 0 Å². The van der Waals surface area contributed by atoms with Crippen molar-refractivity contribution in [1.29, 1.82) is 0 Å². The average molecular weight is 534 g/mol. The van der Waals surface area contributed by atoms with Crippen LogP contribution in [-0.2, 0) is 0 Å². The van der Waals surface area contributed by atoms with Crippen LogP contribution in [0.4, 0.5) is 8.78 Å². The highest BCUT2D eigenvalue weighted by Crippen LogP contribution is 2.36. The first-order valence-corrected chi connectivity index (χ1v) is 12.2. The predicted molar refractivity (Wildman–Crippen MR) is 140 cm³/mol. The number of rotatable bonds is 6. The Labute approximate surface area is 222 Å². The Balaban J connectivity index is 1.67. The van der Waals surface area contributed by atoms with Crippen molar-refractivity contribution in [2.45, 2.75) is 12.3 Å². The summed E-state index contributed by atoms with van der Waals surface area (Å²) in [4.78, 5) is 33.3. The van der Waals surface area contributed by atoms with Gasteiger partial charge in [-0.25, -0.2) is 8.78 Å². The summed E-state index contributed by atoms with van der Waals surface area (Å²) < 4.78 is 40.6. The average Bonchev–Trinajstić information content (AvgIpc) is 3.43. The van der Waals surface area contributed by atoms with Crippen molar-refractivity contribution in [3.8, 4) is 34.5 Å². The minimum Gasteiger partial charge on any atom is -0.494 e. The van der Waals surface area contributed by atoms with Gasteiger partial charge in [0.2, 0.25) is 5.88 Å². The van der Waals surface area contributed by atoms with Crippen molar-refractivity contribution < 1.29 is 28.2 Å². The number of methoxy groups -OCH3 is 2. The number of aromatic nitrogens is 2. The fraction of sp³-hybridized carbons (Fsp3) is 0.207. The molecule has 1 N–H and O–H groups in total. The van der Waals surface area contributed by atoms with Gasteiger partial charge in [0.05, 0.1) is 14.2 Å². The molecule has 1 unspecified atom stereocenters. The largest absolute Gasteiger partial charge is 0.494 e. The number of halogens is 2. The smallest absolute Gasteiger partial charge is 0.275 e. The van der Waals surface area contributed by atoms with Crippen molar-refractivity contribution in [2.75, 3.05) is 27.3 Å². The van der Waals surface area contributed by atoms with Crippen molar-refractivity contribution >= 4 is 5.91 Å². The first-order chi connectivity index (χ1) is 18.8. The SMILES string of the molecule is COc1cccc(OC)c1-n1c(-c2cccc(F)c2)nc(O)c(C(=O)N2CCC(c3ccccc3F)C2)c1=O. The van der Waals surface area contributed by atoms with Crippen LogP contribution in [0.3, 0.4) is 0 Å². The van der Waals surface area contributed by atoms with Crippen LogP contribution in [0.5, 0.6) is 17.4 Å².